The molecule has 0 atom stereocenters. The van der Waals surface area contributed by atoms with E-state index in [4.69, 9.17) is 12.6 Å². The molecule has 3 heteroatoms. The fourth-order valence-electron chi connectivity index (χ4n) is 1.62. The first-order chi connectivity index (χ1) is 7.34. The van der Waals surface area contributed by atoms with Gasteiger partial charge in [-0.2, -0.15) is 0 Å². The molecule has 0 unspecified atom stereocenters. The number of hydrogen-bond acceptors (Lipinski definition) is 3. The lowest BCUT2D eigenvalue weighted by Crippen LogP contribution is -1.88. The highest BCUT2D eigenvalue weighted by Gasteiger charge is 1.99. The van der Waals surface area contributed by atoms with Crippen LogP contribution in [0.4, 0.5) is 0 Å². The van der Waals surface area contributed by atoms with Crippen molar-refractivity contribution in [2.75, 3.05) is 0 Å². The second kappa shape index (κ2) is 3.14. The Kier molecular flexibility index (Phi) is 1.79. The fourth-order valence-corrected chi connectivity index (χ4v) is 1.85. The van der Waals surface area contributed by atoms with Crippen LogP contribution < -0.4 is 0 Å². The zero-order chi connectivity index (χ0) is 10.3. The fraction of sp³-hybridized carbons (Fsp3) is 0. The molecule has 3 aromatic rings. The van der Waals surface area contributed by atoms with Gasteiger partial charge in [-0.15, -0.1) is 4.90 Å². The molecule has 15 heavy (non-hydrogen) atoms. The van der Waals surface area contributed by atoms with Crippen LogP contribution in [-0.4, -0.2) is 9.97 Å². The van der Waals surface area contributed by atoms with Crippen molar-refractivity contribution in [3.8, 4) is 0 Å². The second-order valence-electron chi connectivity index (χ2n) is 3.34. The standard InChI is InChI=1S/C12H8N2S/c15-11-7-3-6-10-12(11)14-9-5-2-1-4-8(9)13-10/h1-7,15H/p-1. The Balaban J connectivity index is 2.53. The third kappa shape index (κ3) is 1.32. The smallest absolute Gasteiger partial charge is 0.0894 e. The van der Waals surface area contributed by atoms with E-state index in [0.29, 0.717) is 0 Å². The molecule has 0 bridgehead atoms. The molecule has 0 fully saturated rings. The molecule has 0 N–H and O–H groups in total. The van der Waals surface area contributed by atoms with Crippen LogP contribution in [0.3, 0.4) is 0 Å². The van der Waals surface area contributed by atoms with Crippen LogP contribution in [0.15, 0.2) is 47.4 Å². The third-order valence-electron chi connectivity index (χ3n) is 2.33. The zero-order valence-corrected chi connectivity index (χ0v) is 8.66. The highest BCUT2D eigenvalue weighted by molar-refractivity contribution is 7.59. The van der Waals surface area contributed by atoms with Crippen molar-refractivity contribution in [3.05, 3.63) is 42.5 Å². The van der Waals surface area contributed by atoms with Gasteiger partial charge in [0.2, 0.25) is 0 Å². The Labute approximate surface area is 92.4 Å². The molecule has 72 valence electrons. The third-order valence-corrected chi connectivity index (χ3v) is 2.66. The van der Waals surface area contributed by atoms with Gasteiger partial charge in [0.15, 0.2) is 0 Å². The quantitative estimate of drug-likeness (QED) is 0.422. The van der Waals surface area contributed by atoms with Crippen molar-refractivity contribution in [1.29, 1.82) is 0 Å². The van der Waals surface area contributed by atoms with Gasteiger partial charge < -0.3 is 12.6 Å². The zero-order valence-electron chi connectivity index (χ0n) is 7.84. The first-order valence-electron chi connectivity index (χ1n) is 4.67. The predicted molar refractivity (Wildman–Crippen MR) is 62.7 cm³/mol. The van der Waals surface area contributed by atoms with Gasteiger partial charge in [-0.1, -0.05) is 24.3 Å². The Bertz CT molecular complexity index is 649. The van der Waals surface area contributed by atoms with Crippen molar-refractivity contribution >= 4 is 34.7 Å². The summed E-state index contributed by atoms with van der Waals surface area (Å²) in [4.78, 5) is 9.78. The van der Waals surface area contributed by atoms with E-state index in [9.17, 15) is 0 Å². The van der Waals surface area contributed by atoms with Crippen LogP contribution in [0.25, 0.3) is 22.1 Å². The minimum absolute atomic E-state index is 0.755. The summed E-state index contributed by atoms with van der Waals surface area (Å²) in [6.45, 7) is 0. The number of benzene rings is 2. The molecule has 3 rings (SSSR count). The van der Waals surface area contributed by atoms with E-state index >= 15 is 0 Å². The molecule has 2 nitrogen and oxygen atoms in total. The lowest BCUT2D eigenvalue weighted by atomic mass is 10.2. The summed E-state index contributed by atoms with van der Waals surface area (Å²) in [5.41, 5.74) is 3.47. The molecule has 0 saturated heterocycles. The number of hydrogen-bond donors (Lipinski definition) is 0. The van der Waals surface area contributed by atoms with Gasteiger partial charge in [-0.25, -0.2) is 9.97 Å². The summed E-state index contributed by atoms with van der Waals surface area (Å²) in [6.07, 6.45) is 0. The van der Waals surface area contributed by atoms with Gasteiger partial charge in [0.25, 0.3) is 0 Å². The topological polar surface area (TPSA) is 25.8 Å². The predicted octanol–water partition coefficient (Wildman–Crippen LogP) is 2.69. The largest absolute Gasteiger partial charge is 0.778 e. The van der Waals surface area contributed by atoms with Gasteiger partial charge in [-0.3, -0.25) is 0 Å². The van der Waals surface area contributed by atoms with Crippen LogP contribution >= 0.6 is 0 Å². The van der Waals surface area contributed by atoms with E-state index in [1.165, 1.54) is 0 Å². The molecule has 0 aliphatic rings. The summed E-state index contributed by atoms with van der Waals surface area (Å²) in [6, 6.07) is 13.5. The number of para-hydroxylation sites is 3. The first kappa shape index (κ1) is 8.56. The van der Waals surface area contributed by atoms with Gasteiger partial charge in [0, 0.05) is 0 Å². The second-order valence-corrected chi connectivity index (χ2v) is 3.78. The minimum Gasteiger partial charge on any atom is -0.778 e. The maximum atomic E-state index is 5.21. The molecule has 1 heterocycles. The van der Waals surface area contributed by atoms with E-state index in [-0.39, 0.29) is 0 Å². The SMILES string of the molecule is [S-]c1cccc2nc3ccccc3nc12. The van der Waals surface area contributed by atoms with Crippen LogP contribution in [0, 0.1) is 0 Å². The monoisotopic (exact) mass is 211 g/mol. The minimum atomic E-state index is 0.755. The van der Waals surface area contributed by atoms with Gasteiger partial charge in [-0.05, 0) is 18.2 Å². The van der Waals surface area contributed by atoms with E-state index in [1.54, 1.807) is 0 Å². The highest BCUT2D eigenvalue weighted by atomic mass is 32.1. The van der Waals surface area contributed by atoms with Crippen LogP contribution in [0.5, 0.6) is 0 Å². The van der Waals surface area contributed by atoms with Crippen molar-refractivity contribution in [2.24, 2.45) is 0 Å². The van der Waals surface area contributed by atoms with Crippen LogP contribution in [0.2, 0.25) is 0 Å². The first-order valence-corrected chi connectivity index (χ1v) is 5.08. The maximum absolute atomic E-state index is 5.21. The molecular weight excluding hydrogens is 204 g/mol. The van der Waals surface area contributed by atoms with Crippen LogP contribution in [-0.2, 0) is 12.6 Å². The van der Waals surface area contributed by atoms with Crippen LogP contribution in [0.1, 0.15) is 0 Å². The van der Waals surface area contributed by atoms with E-state index in [1.807, 2.05) is 42.5 Å². The van der Waals surface area contributed by atoms with Gasteiger partial charge >= 0.3 is 0 Å². The number of aromatic nitrogens is 2. The van der Waals surface area contributed by atoms with Crippen molar-refractivity contribution in [1.82, 2.24) is 9.97 Å². The molecule has 0 spiro atoms. The molecule has 0 saturated carbocycles. The number of fused-ring (bicyclic) bond motifs is 2. The molecule has 0 amide bonds. The highest BCUT2D eigenvalue weighted by Crippen LogP contribution is 2.18. The van der Waals surface area contributed by atoms with Crippen molar-refractivity contribution in [3.63, 3.8) is 0 Å². The Hall–Kier alpha value is -1.74. The van der Waals surface area contributed by atoms with Crippen molar-refractivity contribution < 1.29 is 0 Å². The summed E-state index contributed by atoms with van der Waals surface area (Å²) >= 11 is 5.21. The van der Waals surface area contributed by atoms with Gasteiger partial charge in [0.1, 0.15) is 0 Å². The molecule has 0 aliphatic carbocycles. The van der Waals surface area contributed by atoms with Crippen molar-refractivity contribution in [2.45, 2.75) is 4.90 Å². The van der Waals surface area contributed by atoms with E-state index in [2.05, 4.69) is 9.97 Å². The molecular formula is C12H7N2S-. The lowest BCUT2D eigenvalue weighted by Gasteiger charge is -2.09. The number of rotatable bonds is 0. The summed E-state index contributed by atoms with van der Waals surface area (Å²) in [5.74, 6) is 0. The molecule has 0 aliphatic heterocycles. The van der Waals surface area contributed by atoms with Gasteiger partial charge in [0.05, 0.1) is 22.1 Å². The summed E-state index contributed by atoms with van der Waals surface area (Å²) < 4.78 is 0. The van der Waals surface area contributed by atoms with E-state index < -0.39 is 0 Å². The lowest BCUT2D eigenvalue weighted by molar-refractivity contribution is 1.34. The Morgan fingerprint density at radius 1 is 0.733 bits per heavy atom. The maximum Gasteiger partial charge on any atom is 0.0894 e. The normalized spacial score (nSPS) is 10.9. The Morgan fingerprint density at radius 2 is 1.40 bits per heavy atom. The summed E-state index contributed by atoms with van der Waals surface area (Å²) in [5, 5.41) is 0. The molecule has 1 aromatic heterocycles. The Morgan fingerprint density at radius 3 is 2.20 bits per heavy atom. The average molecular weight is 211 g/mol. The summed E-state index contributed by atoms with van der Waals surface area (Å²) in [7, 11) is 0. The van der Waals surface area contributed by atoms with E-state index in [0.717, 1.165) is 27.0 Å². The molecule has 2 aromatic carbocycles. The average Bonchev–Trinajstić information content (AvgIpc) is 2.27. The number of nitrogens with zero attached hydrogens (tertiary/aromatic N) is 2. The molecule has 0 radical (unpaired) electrons.